The summed E-state index contributed by atoms with van der Waals surface area (Å²) in [4.78, 5) is 27.5. The number of pyridine rings is 2. The van der Waals surface area contributed by atoms with Crippen molar-refractivity contribution in [3.05, 3.63) is 62.6 Å². The molecule has 0 amide bonds. The number of azo groups is 1. The fourth-order valence-electron chi connectivity index (χ4n) is 1.41. The Hall–Kier alpha value is -3.30. The first-order valence-electron chi connectivity index (χ1n) is 5.64. The molecule has 0 radical (unpaired) electrons. The molecular formula is C11H8N6O4. The van der Waals surface area contributed by atoms with Crippen LogP contribution in [0.5, 0.6) is 0 Å². The van der Waals surface area contributed by atoms with E-state index in [2.05, 4.69) is 20.2 Å². The van der Waals surface area contributed by atoms with Crippen LogP contribution in [0.15, 0.2) is 46.9 Å². The minimum atomic E-state index is -0.797. The molecule has 2 aromatic rings. The van der Waals surface area contributed by atoms with Crippen LogP contribution in [0.2, 0.25) is 0 Å². The van der Waals surface area contributed by atoms with E-state index in [1.807, 2.05) is 0 Å². The van der Waals surface area contributed by atoms with Crippen molar-refractivity contribution >= 4 is 17.2 Å². The molecule has 2 heterocycles. The lowest BCUT2D eigenvalue weighted by Gasteiger charge is -1.96. The average Bonchev–Trinajstić information content (AvgIpc) is 2.48. The van der Waals surface area contributed by atoms with Gasteiger partial charge >= 0.3 is 5.69 Å². The van der Waals surface area contributed by atoms with E-state index in [0.717, 1.165) is 12.3 Å². The van der Waals surface area contributed by atoms with E-state index in [1.54, 1.807) is 24.4 Å². The highest BCUT2D eigenvalue weighted by Gasteiger charge is 2.20. The second kappa shape index (κ2) is 6.23. The predicted molar refractivity (Wildman–Crippen MR) is 70.0 cm³/mol. The maximum absolute atomic E-state index is 10.9. The SMILES string of the molecule is O=[N+]([O-])c1cnc(N=NCc2ccccn2)c([N+](=O)[O-])c1. The number of nitro groups is 2. The first kappa shape index (κ1) is 14.1. The smallest absolute Gasteiger partial charge is 0.259 e. The van der Waals surface area contributed by atoms with Gasteiger partial charge in [-0.05, 0) is 12.1 Å². The summed E-state index contributed by atoms with van der Waals surface area (Å²) in [5.41, 5.74) is -0.426. The fraction of sp³-hybridized carbons (Fsp3) is 0.0909. The molecule has 0 saturated heterocycles. The Balaban J connectivity index is 2.23. The third-order valence-corrected chi connectivity index (χ3v) is 2.36. The van der Waals surface area contributed by atoms with E-state index in [1.165, 1.54) is 0 Å². The average molecular weight is 288 g/mol. The van der Waals surface area contributed by atoms with E-state index < -0.39 is 21.2 Å². The largest absolute Gasteiger partial charge is 0.322 e. The van der Waals surface area contributed by atoms with Crippen molar-refractivity contribution in [3.8, 4) is 0 Å². The Morgan fingerprint density at radius 3 is 2.57 bits per heavy atom. The molecule has 0 N–H and O–H groups in total. The molecular weight excluding hydrogens is 280 g/mol. The van der Waals surface area contributed by atoms with Gasteiger partial charge in [-0.25, -0.2) is 4.98 Å². The summed E-state index contributed by atoms with van der Waals surface area (Å²) in [7, 11) is 0. The predicted octanol–water partition coefficient (Wildman–Crippen LogP) is 2.58. The Morgan fingerprint density at radius 2 is 1.95 bits per heavy atom. The molecule has 10 heteroatoms. The molecule has 2 rings (SSSR count). The fourth-order valence-corrected chi connectivity index (χ4v) is 1.41. The Bertz CT molecular complexity index is 703. The highest BCUT2D eigenvalue weighted by atomic mass is 16.6. The molecule has 2 aromatic heterocycles. The number of aromatic nitrogens is 2. The number of hydrogen-bond acceptors (Lipinski definition) is 8. The van der Waals surface area contributed by atoms with Crippen LogP contribution in [0, 0.1) is 20.2 Å². The first-order valence-corrected chi connectivity index (χ1v) is 5.64. The van der Waals surface area contributed by atoms with E-state index in [0.29, 0.717) is 5.69 Å². The molecule has 0 aliphatic heterocycles. The lowest BCUT2D eigenvalue weighted by Crippen LogP contribution is -1.94. The number of rotatable bonds is 5. The third kappa shape index (κ3) is 3.59. The van der Waals surface area contributed by atoms with Gasteiger partial charge in [-0.2, -0.15) is 5.11 Å². The van der Waals surface area contributed by atoms with Crippen molar-refractivity contribution in [1.29, 1.82) is 0 Å². The van der Waals surface area contributed by atoms with E-state index in [4.69, 9.17) is 0 Å². The van der Waals surface area contributed by atoms with Crippen LogP contribution in [-0.4, -0.2) is 19.8 Å². The molecule has 0 aromatic carbocycles. The standard InChI is InChI=1S/C11H8N6O4/c18-16(19)9-5-10(17(20)21)11(13-7-9)15-14-6-8-3-1-2-4-12-8/h1-5,7H,6H2. The second-order valence-electron chi connectivity index (χ2n) is 3.77. The first-order chi connectivity index (χ1) is 10.1. The van der Waals surface area contributed by atoms with Crippen LogP contribution in [0.4, 0.5) is 17.2 Å². The summed E-state index contributed by atoms with van der Waals surface area (Å²) in [5.74, 6) is -0.290. The second-order valence-corrected chi connectivity index (χ2v) is 3.77. The molecule has 0 aliphatic carbocycles. The highest BCUT2D eigenvalue weighted by Crippen LogP contribution is 2.28. The number of nitrogens with zero attached hydrogens (tertiary/aromatic N) is 6. The van der Waals surface area contributed by atoms with Crippen molar-refractivity contribution < 1.29 is 9.85 Å². The Kier molecular flexibility index (Phi) is 4.19. The van der Waals surface area contributed by atoms with Gasteiger partial charge in [0.05, 0.1) is 21.6 Å². The Morgan fingerprint density at radius 1 is 1.14 bits per heavy atom. The summed E-state index contributed by atoms with van der Waals surface area (Å²) < 4.78 is 0. The lowest BCUT2D eigenvalue weighted by atomic mass is 10.3. The van der Waals surface area contributed by atoms with Crippen molar-refractivity contribution in [1.82, 2.24) is 9.97 Å². The monoisotopic (exact) mass is 288 g/mol. The molecule has 0 saturated carbocycles. The molecule has 106 valence electrons. The van der Waals surface area contributed by atoms with Gasteiger partial charge in [0.1, 0.15) is 12.7 Å². The van der Waals surface area contributed by atoms with Crippen LogP contribution in [0.25, 0.3) is 0 Å². The molecule has 21 heavy (non-hydrogen) atoms. The van der Waals surface area contributed by atoms with E-state index in [-0.39, 0.29) is 12.4 Å². The molecule has 0 unspecified atom stereocenters. The van der Waals surface area contributed by atoms with Crippen molar-refractivity contribution in [2.24, 2.45) is 10.2 Å². The summed E-state index contributed by atoms with van der Waals surface area (Å²) in [6.07, 6.45) is 2.47. The third-order valence-electron chi connectivity index (χ3n) is 2.36. The maximum Gasteiger partial charge on any atom is 0.322 e. The van der Waals surface area contributed by atoms with Crippen LogP contribution in [-0.2, 0) is 6.54 Å². The van der Waals surface area contributed by atoms with Crippen LogP contribution in [0.1, 0.15) is 5.69 Å². The van der Waals surface area contributed by atoms with Crippen molar-refractivity contribution in [3.63, 3.8) is 0 Å². The topological polar surface area (TPSA) is 137 Å². The normalized spacial score (nSPS) is 10.7. The zero-order valence-electron chi connectivity index (χ0n) is 10.5. The van der Waals surface area contributed by atoms with Gasteiger partial charge in [0.2, 0.25) is 0 Å². The van der Waals surface area contributed by atoms with Gasteiger partial charge in [-0.15, -0.1) is 5.11 Å². The van der Waals surface area contributed by atoms with Crippen molar-refractivity contribution in [2.45, 2.75) is 6.54 Å². The minimum absolute atomic E-state index is 0.122. The van der Waals surface area contributed by atoms with E-state index in [9.17, 15) is 20.2 Å². The van der Waals surface area contributed by atoms with Crippen LogP contribution < -0.4 is 0 Å². The van der Waals surface area contributed by atoms with Gasteiger partial charge in [0.15, 0.2) is 0 Å². The van der Waals surface area contributed by atoms with Gasteiger partial charge in [0, 0.05) is 6.20 Å². The Labute approximate surface area is 117 Å². The number of hydrogen-bond donors (Lipinski definition) is 0. The van der Waals surface area contributed by atoms with Crippen molar-refractivity contribution in [2.75, 3.05) is 0 Å². The summed E-state index contributed by atoms with van der Waals surface area (Å²) in [5, 5.41) is 28.8. The molecule has 0 atom stereocenters. The van der Waals surface area contributed by atoms with Gasteiger partial charge in [-0.3, -0.25) is 25.2 Å². The molecule has 0 aliphatic rings. The van der Waals surface area contributed by atoms with Gasteiger partial charge in [-0.1, -0.05) is 6.07 Å². The zero-order valence-corrected chi connectivity index (χ0v) is 10.5. The molecule has 0 bridgehead atoms. The zero-order chi connectivity index (χ0) is 15.2. The molecule has 0 fully saturated rings. The highest BCUT2D eigenvalue weighted by molar-refractivity contribution is 5.55. The molecule has 10 nitrogen and oxygen atoms in total. The maximum atomic E-state index is 10.9. The quantitative estimate of drug-likeness (QED) is 0.471. The minimum Gasteiger partial charge on any atom is -0.259 e. The van der Waals surface area contributed by atoms with E-state index >= 15 is 0 Å². The molecule has 0 spiro atoms. The van der Waals surface area contributed by atoms with Gasteiger partial charge < -0.3 is 0 Å². The van der Waals surface area contributed by atoms with Crippen LogP contribution in [0.3, 0.4) is 0 Å². The van der Waals surface area contributed by atoms with Crippen LogP contribution >= 0.6 is 0 Å². The summed E-state index contributed by atoms with van der Waals surface area (Å²) in [6.45, 7) is 0.122. The lowest BCUT2D eigenvalue weighted by molar-refractivity contribution is -0.394. The summed E-state index contributed by atoms with van der Waals surface area (Å²) >= 11 is 0. The van der Waals surface area contributed by atoms with Gasteiger partial charge in [0.25, 0.3) is 11.5 Å². The summed E-state index contributed by atoms with van der Waals surface area (Å²) in [6, 6.07) is 6.02.